The van der Waals surface area contributed by atoms with E-state index in [4.69, 9.17) is 28.9 Å². The standard InChI is InChI=1S/C36H35FN4O4S/c1-4-44-28-19-30-33-32(20-28)45-16-6-5-15-41(33)35(38-30)25-17-29(37)34-31(18-25)39-36(46-34)40(21-23-7-11-26(42-2)12-8-23)22-24-9-13-27(43-3)14-10-24/h7-14,17-20H,4-6,15-16,21-22H2,1-3H3. The predicted molar refractivity (Wildman–Crippen MR) is 180 cm³/mol. The Morgan fingerprint density at radius 2 is 1.54 bits per heavy atom. The van der Waals surface area contributed by atoms with Crippen molar-refractivity contribution in [3.8, 4) is 34.4 Å². The summed E-state index contributed by atoms with van der Waals surface area (Å²) in [6, 6.07) is 23.3. The van der Waals surface area contributed by atoms with Crippen molar-refractivity contribution in [2.24, 2.45) is 0 Å². The number of rotatable bonds is 10. The Morgan fingerprint density at radius 1 is 0.848 bits per heavy atom. The van der Waals surface area contributed by atoms with Crippen LogP contribution in [0.2, 0.25) is 0 Å². The number of aromatic nitrogens is 3. The molecule has 0 bridgehead atoms. The molecule has 4 aromatic carbocycles. The van der Waals surface area contributed by atoms with E-state index in [0.717, 1.165) is 63.9 Å². The Labute approximate surface area is 270 Å². The van der Waals surface area contributed by atoms with Gasteiger partial charge in [0.15, 0.2) is 5.13 Å². The largest absolute Gasteiger partial charge is 0.497 e. The number of halogens is 1. The number of hydrogen-bond acceptors (Lipinski definition) is 8. The molecule has 0 fully saturated rings. The van der Waals surface area contributed by atoms with Gasteiger partial charge in [-0.2, -0.15) is 0 Å². The first kappa shape index (κ1) is 29.9. The first-order chi connectivity index (χ1) is 22.5. The predicted octanol–water partition coefficient (Wildman–Crippen LogP) is 8.25. The summed E-state index contributed by atoms with van der Waals surface area (Å²) in [6.07, 6.45) is 1.85. The van der Waals surface area contributed by atoms with Crippen molar-refractivity contribution in [3.05, 3.63) is 89.7 Å². The maximum absolute atomic E-state index is 16.0. The van der Waals surface area contributed by atoms with Crippen LogP contribution < -0.4 is 23.8 Å². The molecule has 0 atom stereocenters. The van der Waals surface area contributed by atoms with Gasteiger partial charge in [0.25, 0.3) is 0 Å². The molecule has 6 aromatic rings. The van der Waals surface area contributed by atoms with Gasteiger partial charge >= 0.3 is 0 Å². The Hall–Kier alpha value is -4.83. The summed E-state index contributed by atoms with van der Waals surface area (Å²) in [5, 5.41) is 0.734. The van der Waals surface area contributed by atoms with E-state index in [1.807, 2.05) is 73.7 Å². The molecule has 46 heavy (non-hydrogen) atoms. The third-order valence-electron chi connectivity index (χ3n) is 8.15. The van der Waals surface area contributed by atoms with Gasteiger partial charge < -0.3 is 28.4 Å². The molecule has 8 nitrogen and oxygen atoms in total. The zero-order valence-electron chi connectivity index (χ0n) is 26.1. The number of hydrogen-bond donors (Lipinski definition) is 0. The number of benzene rings is 4. The number of thiazole rings is 1. The van der Waals surface area contributed by atoms with E-state index < -0.39 is 0 Å². The average molecular weight is 639 g/mol. The lowest BCUT2D eigenvalue weighted by Gasteiger charge is -2.22. The fourth-order valence-electron chi connectivity index (χ4n) is 5.90. The lowest BCUT2D eigenvalue weighted by molar-refractivity contribution is 0.294. The van der Waals surface area contributed by atoms with E-state index in [0.29, 0.717) is 53.7 Å². The zero-order chi connectivity index (χ0) is 31.6. The molecule has 0 saturated heterocycles. The van der Waals surface area contributed by atoms with Crippen LogP contribution in [-0.2, 0) is 19.6 Å². The van der Waals surface area contributed by atoms with Crippen molar-refractivity contribution in [2.45, 2.75) is 39.4 Å². The van der Waals surface area contributed by atoms with Crippen molar-refractivity contribution in [3.63, 3.8) is 0 Å². The van der Waals surface area contributed by atoms with Gasteiger partial charge in [-0.1, -0.05) is 35.6 Å². The first-order valence-electron chi connectivity index (χ1n) is 15.4. The fraction of sp³-hybridized carbons (Fsp3) is 0.278. The van der Waals surface area contributed by atoms with Gasteiger partial charge in [-0.25, -0.2) is 14.4 Å². The second-order valence-electron chi connectivity index (χ2n) is 11.2. The highest BCUT2D eigenvalue weighted by Gasteiger charge is 2.23. The molecule has 0 spiro atoms. The quantitative estimate of drug-likeness (QED) is 0.150. The Balaban J connectivity index is 1.29. The van der Waals surface area contributed by atoms with E-state index in [2.05, 4.69) is 9.47 Å². The van der Waals surface area contributed by atoms with Crippen LogP contribution in [0.5, 0.6) is 23.0 Å². The molecule has 10 heteroatoms. The number of anilines is 1. The minimum Gasteiger partial charge on any atom is -0.497 e. The Kier molecular flexibility index (Phi) is 8.36. The van der Waals surface area contributed by atoms with Gasteiger partial charge in [0, 0.05) is 37.3 Å². The molecule has 2 aromatic heterocycles. The Morgan fingerprint density at radius 3 is 2.20 bits per heavy atom. The highest BCUT2D eigenvalue weighted by atomic mass is 32.1. The number of fused-ring (bicyclic) bond motifs is 1. The van der Waals surface area contributed by atoms with Crippen LogP contribution >= 0.6 is 11.3 Å². The first-order valence-corrected chi connectivity index (χ1v) is 16.3. The molecule has 3 heterocycles. The summed E-state index contributed by atoms with van der Waals surface area (Å²) >= 11 is 1.36. The maximum Gasteiger partial charge on any atom is 0.187 e. The SMILES string of the molecule is CCOc1cc2c3c(c1)nc(-c1cc(F)c4sc(N(Cc5ccc(OC)cc5)Cc5ccc(OC)cc5)nc4c1)n3CCCCO2. The van der Waals surface area contributed by atoms with Crippen LogP contribution in [0.1, 0.15) is 30.9 Å². The summed E-state index contributed by atoms with van der Waals surface area (Å²) in [6.45, 7) is 5.07. The van der Waals surface area contributed by atoms with Crippen molar-refractivity contribution in [1.29, 1.82) is 0 Å². The topological polar surface area (TPSA) is 70.9 Å². The molecule has 0 saturated carbocycles. The van der Waals surface area contributed by atoms with E-state index in [-0.39, 0.29) is 5.82 Å². The Bertz CT molecular complexity index is 1940. The molecule has 236 valence electrons. The number of ether oxygens (including phenoxy) is 4. The van der Waals surface area contributed by atoms with Crippen molar-refractivity contribution >= 4 is 37.7 Å². The highest BCUT2D eigenvalue weighted by molar-refractivity contribution is 7.22. The van der Waals surface area contributed by atoms with Gasteiger partial charge in [-0.3, -0.25) is 0 Å². The fourth-order valence-corrected chi connectivity index (χ4v) is 6.85. The molecular formula is C36H35FN4O4S. The van der Waals surface area contributed by atoms with Crippen LogP contribution in [0.4, 0.5) is 9.52 Å². The van der Waals surface area contributed by atoms with Gasteiger partial charge in [0.2, 0.25) is 0 Å². The third-order valence-corrected chi connectivity index (χ3v) is 9.29. The second kappa shape index (κ2) is 12.9. The summed E-state index contributed by atoms with van der Waals surface area (Å²) in [5.74, 6) is 3.42. The van der Waals surface area contributed by atoms with Crippen molar-refractivity contribution in [1.82, 2.24) is 14.5 Å². The number of methoxy groups -OCH3 is 2. The molecule has 0 amide bonds. The van der Waals surface area contributed by atoms with E-state index in [1.165, 1.54) is 11.3 Å². The lowest BCUT2D eigenvalue weighted by atomic mass is 10.1. The van der Waals surface area contributed by atoms with Crippen LogP contribution in [0, 0.1) is 5.82 Å². The van der Waals surface area contributed by atoms with Crippen molar-refractivity contribution in [2.75, 3.05) is 32.3 Å². The average Bonchev–Trinajstić information content (AvgIpc) is 3.66. The molecule has 1 aliphatic rings. The van der Waals surface area contributed by atoms with E-state index in [9.17, 15) is 0 Å². The summed E-state index contributed by atoms with van der Waals surface area (Å²) in [4.78, 5) is 12.2. The molecule has 7 rings (SSSR count). The summed E-state index contributed by atoms with van der Waals surface area (Å²) < 4.78 is 41.3. The third kappa shape index (κ3) is 5.92. The number of aryl methyl sites for hydroxylation is 1. The normalized spacial score (nSPS) is 12.9. The van der Waals surface area contributed by atoms with E-state index in [1.54, 1.807) is 20.3 Å². The zero-order valence-corrected chi connectivity index (χ0v) is 26.9. The van der Waals surface area contributed by atoms with Gasteiger partial charge in [0.05, 0.1) is 43.2 Å². The lowest BCUT2D eigenvalue weighted by Crippen LogP contribution is -2.21. The van der Waals surface area contributed by atoms with Crippen LogP contribution in [0.3, 0.4) is 0 Å². The van der Waals surface area contributed by atoms with Gasteiger partial charge in [0.1, 0.15) is 40.2 Å². The summed E-state index contributed by atoms with van der Waals surface area (Å²) in [7, 11) is 3.31. The molecule has 0 radical (unpaired) electrons. The van der Waals surface area contributed by atoms with Crippen LogP contribution in [0.15, 0.2) is 72.8 Å². The van der Waals surface area contributed by atoms with E-state index >= 15 is 4.39 Å². The monoisotopic (exact) mass is 638 g/mol. The smallest absolute Gasteiger partial charge is 0.187 e. The number of imidazole rings is 1. The maximum atomic E-state index is 16.0. The molecule has 1 aliphatic heterocycles. The number of nitrogens with zero attached hydrogens (tertiary/aromatic N) is 4. The second-order valence-corrected chi connectivity index (χ2v) is 12.2. The van der Waals surface area contributed by atoms with Crippen molar-refractivity contribution < 1.29 is 23.3 Å². The minimum atomic E-state index is -0.317. The van der Waals surface area contributed by atoms with Gasteiger partial charge in [-0.15, -0.1) is 0 Å². The summed E-state index contributed by atoms with van der Waals surface area (Å²) in [5.41, 5.74) is 5.13. The van der Waals surface area contributed by atoms with Crippen LogP contribution in [-0.4, -0.2) is 42.0 Å². The molecule has 0 N–H and O–H groups in total. The highest BCUT2D eigenvalue weighted by Crippen LogP contribution is 2.39. The molecule has 0 aliphatic carbocycles. The molecule has 0 unspecified atom stereocenters. The minimum absolute atomic E-state index is 0.317. The van der Waals surface area contributed by atoms with Crippen LogP contribution in [0.25, 0.3) is 32.6 Å². The molecular weight excluding hydrogens is 603 g/mol. The van der Waals surface area contributed by atoms with Gasteiger partial charge in [-0.05, 0) is 67.3 Å².